The zero-order chi connectivity index (χ0) is 20.9. The van der Waals surface area contributed by atoms with E-state index in [1.807, 2.05) is 42.0 Å². The molecule has 0 spiro atoms. The molecule has 5 nitrogen and oxygen atoms in total. The Morgan fingerprint density at radius 1 is 1.17 bits per heavy atom. The summed E-state index contributed by atoms with van der Waals surface area (Å²) in [5.41, 5.74) is 2.94. The van der Waals surface area contributed by atoms with Crippen LogP contribution in [0.25, 0.3) is 10.2 Å². The molecule has 0 aliphatic heterocycles. The van der Waals surface area contributed by atoms with Crippen LogP contribution in [0.15, 0.2) is 53.5 Å². The number of carbonyl (C=O) groups is 1. The summed E-state index contributed by atoms with van der Waals surface area (Å²) in [6.07, 6.45) is 1.93. The van der Waals surface area contributed by atoms with E-state index in [1.54, 1.807) is 23.9 Å². The predicted molar refractivity (Wildman–Crippen MR) is 122 cm³/mol. The molecule has 3 rings (SSSR count). The van der Waals surface area contributed by atoms with Crippen LogP contribution in [-0.4, -0.2) is 36.7 Å². The number of hydrogen-bond acceptors (Lipinski definition) is 5. The summed E-state index contributed by atoms with van der Waals surface area (Å²) in [7, 11) is -3.36. The number of sulfone groups is 1. The van der Waals surface area contributed by atoms with Crippen LogP contribution >= 0.6 is 23.1 Å². The van der Waals surface area contributed by atoms with Gasteiger partial charge in [0.1, 0.15) is 0 Å². The van der Waals surface area contributed by atoms with Gasteiger partial charge in [-0.05, 0) is 36.4 Å². The quantitative estimate of drug-likeness (QED) is 0.526. The van der Waals surface area contributed by atoms with Gasteiger partial charge in [0.25, 0.3) is 0 Å². The monoisotopic (exact) mass is 448 g/mol. The minimum Gasteiger partial charge on any atom is -0.316 e. The molecule has 3 aromatic rings. The highest BCUT2D eigenvalue weighted by molar-refractivity contribution is 7.98. The zero-order valence-electron chi connectivity index (χ0n) is 16.5. The first kappa shape index (κ1) is 21.8. The highest BCUT2D eigenvalue weighted by Gasteiger charge is 2.15. The SMILES string of the molecule is CSCCn1c(=NC(=O)CCS(=O)(=O)Cc2ccccc2)sc2cc(C)ccc21. The van der Waals surface area contributed by atoms with Crippen molar-refractivity contribution in [3.8, 4) is 0 Å². The number of hydrogen-bond donors (Lipinski definition) is 0. The fraction of sp³-hybridized carbons (Fsp3) is 0.333. The first-order valence-corrected chi connectivity index (χ1v) is 13.3. The molecule has 29 heavy (non-hydrogen) atoms. The summed E-state index contributed by atoms with van der Waals surface area (Å²) < 4.78 is 27.8. The van der Waals surface area contributed by atoms with E-state index in [0.717, 1.165) is 33.6 Å². The van der Waals surface area contributed by atoms with Gasteiger partial charge in [0, 0.05) is 18.7 Å². The predicted octanol–water partition coefficient (Wildman–Crippen LogP) is 3.81. The fourth-order valence-electron chi connectivity index (χ4n) is 2.97. The van der Waals surface area contributed by atoms with Crippen LogP contribution in [-0.2, 0) is 26.9 Å². The van der Waals surface area contributed by atoms with Crippen LogP contribution in [0.2, 0.25) is 0 Å². The summed E-state index contributed by atoms with van der Waals surface area (Å²) in [6.45, 7) is 2.79. The van der Waals surface area contributed by atoms with Gasteiger partial charge in [-0.15, -0.1) is 0 Å². The van der Waals surface area contributed by atoms with Gasteiger partial charge < -0.3 is 4.57 Å². The molecule has 154 valence electrons. The third-order valence-corrected chi connectivity index (χ3v) is 7.67. The van der Waals surface area contributed by atoms with Crippen molar-refractivity contribution in [3.63, 3.8) is 0 Å². The topological polar surface area (TPSA) is 68.5 Å². The van der Waals surface area contributed by atoms with Gasteiger partial charge in [0.05, 0.1) is 21.7 Å². The molecule has 0 aliphatic carbocycles. The summed E-state index contributed by atoms with van der Waals surface area (Å²) in [4.78, 5) is 17.3. The third kappa shape index (κ3) is 6.04. The fourth-order valence-corrected chi connectivity index (χ4v) is 5.84. The van der Waals surface area contributed by atoms with Crippen molar-refractivity contribution in [2.24, 2.45) is 4.99 Å². The van der Waals surface area contributed by atoms with Crippen molar-refractivity contribution in [2.45, 2.75) is 25.6 Å². The van der Waals surface area contributed by atoms with Crippen molar-refractivity contribution >= 4 is 49.1 Å². The van der Waals surface area contributed by atoms with E-state index in [0.29, 0.717) is 4.80 Å². The Morgan fingerprint density at radius 3 is 2.66 bits per heavy atom. The molecule has 0 N–H and O–H groups in total. The Hall–Kier alpha value is -1.90. The van der Waals surface area contributed by atoms with Crippen molar-refractivity contribution in [3.05, 3.63) is 64.5 Å². The highest BCUT2D eigenvalue weighted by Crippen LogP contribution is 2.19. The molecule has 2 aromatic carbocycles. The standard InChI is InChI=1S/C21H24N2O3S3/c1-16-8-9-18-19(14-16)28-21(23(18)11-12-27-2)22-20(24)10-13-29(25,26)15-17-6-4-3-5-7-17/h3-9,14H,10-13,15H2,1-2H3. The lowest BCUT2D eigenvalue weighted by Crippen LogP contribution is -2.19. The maximum absolute atomic E-state index is 12.4. The molecule has 8 heteroatoms. The molecule has 0 bridgehead atoms. The Bertz CT molecular complexity index is 1160. The van der Waals surface area contributed by atoms with Crippen molar-refractivity contribution in [2.75, 3.05) is 17.8 Å². The summed E-state index contributed by atoms with van der Waals surface area (Å²) in [6, 6.07) is 15.2. The average Bonchev–Trinajstić information content (AvgIpc) is 3.01. The molecule has 1 heterocycles. The number of carbonyl (C=O) groups excluding carboxylic acids is 1. The molecule has 0 aliphatic rings. The number of rotatable bonds is 8. The normalized spacial score (nSPS) is 12.6. The second kappa shape index (κ2) is 9.73. The maximum atomic E-state index is 12.4. The number of amides is 1. The van der Waals surface area contributed by atoms with E-state index in [2.05, 4.69) is 17.1 Å². The number of thiazole rings is 1. The van der Waals surface area contributed by atoms with E-state index >= 15 is 0 Å². The summed E-state index contributed by atoms with van der Waals surface area (Å²) >= 11 is 3.20. The zero-order valence-corrected chi connectivity index (χ0v) is 18.9. The van der Waals surface area contributed by atoms with Gasteiger partial charge in [-0.25, -0.2) is 8.42 Å². The van der Waals surface area contributed by atoms with Crippen LogP contribution in [0.3, 0.4) is 0 Å². The van der Waals surface area contributed by atoms with E-state index in [4.69, 9.17) is 0 Å². The third-order valence-electron chi connectivity index (χ3n) is 4.43. The van der Waals surface area contributed by atoms with Crippen molar-refractivity contribution in [1.29, 1.82) is 0 Å². The van der Waals surface area contributed by atoms with Crippen LogP contribution in [0.1, 0.15) is 17.5 Å². The molecule has 0 saturated heterocycles. The maximum Gasteiger partial charge on any atom is 0.249 e. The number of thioether (sulfide) groups is 1. The van der Waals surface area contributed by atoms with Crippen molar-refractivity contribution < 1.29 is 13.2 Å². The van der Waals surface area contributed by atoms with E-state index < -0.39 is 15.7 Å². The first-order chi connectivity index (χ1) is 13.9. The number of aryl methyl sites for hydroxylation is 2. The molecule has 1 amide bonds. The smallest absolute Gasteiger partial charge is 0.249 e. The molecular formula is C21H24N2O3S3. The highest BCUT2D eigenvalue weighted by atomic mass is 32.2. The average molecular weight is 449 g/mol. The molecule has 0 unspecified atom stereocenters. The lowest BCUT2D eigenvalue weighted by Gasteiger charge is -2.04. The van der Waals surface area contributed by atoms with Crippen LogP contribution in [0.5, 0.6) is 0 Å². The number of fused-ring (bicyclic) bond motifs is 1. The lowest BCUT2D eigenvalue weighted by molar-refractivity contribution is -0.117. The molecule has 0 radical (unpaired) electrons. The number of aromatic nitrogens is 1. The first-order valence-electron chi connectivity index (χ1n) is 9.29. The van der Waals surface area contributed by atoms with Crippen molar-refractivity contribution in [1.82, 2.24) is 4.57 Å². The Kier molecular flexibility index (Phi) is 7.32. The van der Waals surface area contributed by atoms with E-state index in [-0.39, 0.29) is 17.9 Å². The number of nitrogens with zero attached hydrogens (tertiary/aromatic N) is 2. The molecule has 0 fully saturated rings. The number of benzene rings is 2. The minimum absolute atomic E-state index is 0.0585. The molecular weight excluding hydrogens is 424 g/mol. The Morgan fingerprint density at radius 2 is 1.93 bits per heavy atom. The van der Waals surface area contributed by atoms with Gasteiger partial charge in [0.2, 0.25) is 5.91 Å². The van der Waals surface area contributed by atoms with E-state index in [1.165, 1.54) is 11.3 Å². The molecule has 1 aromatic heterocycles. The van der Waals surface area contributed by atoms with Crippen LogP contribution in [0.4, 0.5) is 0 Å². The van der Waals surface area contributed by atoms with Crippen LogP contribution < -0.4 is 4.80 Å². The largest absolute Gasteiger partial charge is 0.316 e. The van der Waals surface area contributed by atoms with Gasteiger partial charge >= 0.3 is 0 Å². The summed E-state index contributed by atoms with van der Waals surface area (Å²) in [5.74, 6) is 0.255. The van der Waals surface area contributed by atoms with E-state index in [9.17, 15) is 13.2 Å². The Balaban J connectivity index is 1.78. The van der Waals surface area contributed by atoms with Gasteiger partial charge in [0.15, 0.2) is 14.6 Å². The lowest BCUT2D eigenvalue weighted by atomic mass is 10.2. The van der Waals surface area contributed by atoms with Crippen LogP contribution in [0, 0.1) is 6.92 Å². The minimum atomic E-state index is -3.36. The van der Waals surface area contributed by atoms with Gasteiger partial charge in [-0.3, -0.25) is 4.79 Å². The van der Waals surface area contributed by atoms with Gasteiger partial charge in [-0.2, -0.15) is 16.8 Å². The second-order valence-electron chi connectivity index (χ2n) is 6.83. The van der Waals surface area contributed by atoms with Gasteiger partial charge in [-0.1, -0.05) is 47.7 Å². The summed E-state index contributed by atoms with van der Waals surface area (Å²) in [5, 5.41) is 0. The Labute approximate surface area is 179 Å². The molecule has 0 saturated carbocycles. The molecule has 0 atom stereocenters. The second-order valence-corrected chi connectivity index (χ2v) is 11.0.